The lowest BCUT2D eigenvalue weighted by Crippen LogP contribution is -2.28. The van der Waals surface area contributed by atoms with Crippen LogP contribution in [0.2, 0.25) is 0 Å². The van der Waals surface area contributed by atoms with Crippen molar-refractivity contribution in [1.29, 1.82) is 0 Å². The van der Waals surface area contributed by atoms with Crippen molar-refractivity contribution in [2.45, 2.75) is 51.6 Å². The third kappa shape index (κ3) is 4.32. The fraction of sp³-hybridized carbons (Fsp3) is 0.562. The normalized spacial score (nSPS) is 23.3. The summed E-state index contributed by atoms with van der Waals surface area (Å²) in [6.45, 7) is 3.13. The molecular formula is C16H22BrNO2. The van der Waals surface area contributed by atoms with Crippen LogP contribution in [0.25, 0.3) is 0 Å². The van der Waals surface area contributed by atoms with E-state index >= 15 is 0 Å². The van der Waals surface area contributed by atoms with Crippen LogP contribution in [0.15, 0.2) is 22.7 Å². The van der Waals surface area contributed by atoms with Crippen LogP contribution >= 0.6 is 15.9 Å². The highest BCUT2D eigenvalue weighted by molar-refractivity contribution is 9.10. The molecule has 1 aromatic carbocycles. The third-order valence-electron chi connectivity index (χ3n) is 4.14. The highest BCUT2D eigenvalue weighted by atomic mass is 79.9. The molecule has 0 heterocycles. The van der Waals surface area contributed by atoms with E-state index in [-0.39, 0.29) is 0 Å². The van der Waals surface area contributed by atoms with Crippen molar-refractivity contribution in [1.82, 2.24) is 5.32 Å². The van der Waals surface area contributed by atoms with Crippen LogP contribution in [0.1, 0.15) is 54.9 Å². The van der Waals surface area contributed by atoms with Crippen LogP contribution in [0.3, 0.4) is 0 Å². The maximum absolute atomic E-state index is 10.9. The molecule has 0 aliphatic heterocycles. The van der Waals surface area contributed by atoms with Gasteiger partial charge in [0.2, 0.25) is 0 Å². The summed E-state index contributed by atoms with van der Waals surface area (Å²) in [5, 5.41) is 12.6. The number of carboxylic acids is 1. The van der Waals surface area contributed by atoms with Gasteiger partial charge in [-0.25, -0.2) is 4.79 Å². The van der Waals surface area contributed by atoms with Crippen LogP contribution in [0, 0.1) is 5.92 Å². The molecule has 1 saturated carbocycles. The van der Waals surface area contributed by atoms with E-state index in [1.165, 1.54) is 32.1 Å². The molecule has 0 bridgehead atoms. The first-order valence-corrected chi connectivity index (χ1v) is 8.10. The molecule has 4 heteroatoms. The molecule has 1 fully saturated rings. The van der Waals surface area contributed by atoms with E-state index in [1.54, 1.807) is 12.1 Å². The summed E-state index contributed by atoms with van der Waals surface area (Å²) in [6.07, 6.45) is 6.44. The Morgan fingerprint density at radius 2 is 2.15 bits per heavy atom. The lowest BCUT2D eigenvalue weighted by atomic mass is 10.0. The van der Waals surface area contributed by atoms with Crippen LogP contribution in [-0.4, -0.2) is 17.1 Å². The largest absolute Gasteiger partial charge is 0.478 e. The van der Waals surface area contributed by atoms with Gasteiger partial charge >= 0.3 is 5.97 Å². The lowest BCUT2D eigenvalue weighted by molar-refractivity contribution is 0.0697. The van der Waals surface area contributed by atoms with Crippen molar-refractivity contribution in [2.24, 2.45) is 5.92 Å². The molecule has 1 aliphatic rings. The second-order valence-electron chi connectivity index (χ2n) is 5.80. The molecule has 2 atom stereocenters. The predicted molar refractivity (Wildman–Crippen MR) is 84.0 cm³/mol. The average Bonchev–Trinajstić information content (AvgIpc) is 2.62. The van der Waals surface area contributed by atoms with Gasteiger partial charge in [0.1, 0.15) is 0 Å². The zero-order chi connectivity index (χ0) is 14.5. The van der Waals surface area contributed by atoms with Crippen molar-refractivity contribution in [3.63, 3.8) is 0 Å². The molecule has 0 amide bonds. The minimum Gasteiger partial charge on any atom is -0.478 e. The maximum Gasteiger partial charge on any atom is 0.335 e. The van der Waals surface area contributed by atoms with Gasteiger partial charge in [-0.1, -0.05) is 41.8 Å². The molecule has 0 aromatic heterocycles. The van der Waals surface area contributed by atoms with E-state index in [4.69, 9.17) is 5.11 Å². The van der Waals surface area contributed by atoms with E-state index in [2.05, 4.69) is 28.2 Å². The Morgan fingerprint density at radius 3 is 2.85 bits per heavy atom. The highest BCUT2D eigenvalue weighted by Gasteiger charge is 2.16. The maximum atomic E-state index is 10.9. The number of halogens is 1. The molecule has 1 aliphatic carbocycles. The molecule has 0 radical (unpaired) electrons. The average molecular weight is 340 g/mol. The second-order valence-corrected chi connectivity index (χ2v) is 6.66. The fourth-order valence-electron chi connectivity index (χ4n) is 2.77. The summed E-state index contributed by atoms with van der Waals surface area (Å²) >= 11 is 3.46. The number of nitrogens with one attached hydrogen (secondary N) is 1. The standard InChI is InChI=1S/C16H22BrNO2/c1-11-3-2-4-14(8-5-11)18-10-13-7-6-12(16(19)20)9-15(13)17/h6-7,9,11,14,18H,2-5,8,10H2,1H3,(H,19,20). The molecule has 20 heavy (non-hydrogen) atoms. The molecule has 1 aromatic rings. The molecule has 2 N–H and O–H groups in total. The molecule has 3 nitrogen and oxygen atoms in total. The van der Waals surface area contributed by atoms with E-state index < -0.39 is 5.97 Å². The van der Waals surface area contributed by atoms with Gasteiger partial charge in [-0.2, -0.15) is 0 Å². The van der Waals surface area contributed by atoms with Gasteiger partial charge in [0.25, 0.3) is 0 Å². The van der Waals surface area contributed by atoms with E-state index in [1.807, 2.05) is 6.07 Å². The van der Waals surface area contributed by atoms with Crippen molar-refractivity contribution >= 4 is 21.9 Å². The molecule has 0 spiro atoms. The Bertz CT molecular complexity index is 476. The number of aromatic carboxylic acids is 1. The number of carbonyl (C=O) groups is 1. The molecule has 110 valence electrons. The Hall–Kier alpha value is -0.870. The highest BCUT2D eigenvalue weighted by Crippen LogP contribution is 2.24. The summed E-state index contributed by atoms with van der Waals surface area (Å²) in [5.74, 6) is -0.0358. The van der Waals surface area contributed by atoms with Crippen LogP contribution in [0.5, 0.6) is 0 Å². The predicted octanol–water partition coefficient (Wildman–Crippen LogP) is 4.21. The Labute approximate surface area is 128 Å². The van der Waals surface area contributed by atoms with Crippen molar-refractivity contribution in [3.8, 4) is 0 Å². The van der Waals surface area contributed by atoms with E-state index in [0.29, 0.717) is 11.6 Å². The molecular weight excluding hydrogens is 318 g/mol. The summed E-state index contributed by atoms with van der Waals surface area (Å²) < 4.78 is 0.867. The van der Waals surface area contributed by atoms with Crippen molar-refractivity contribution in [2.75, 3.05) is 0 Å². The van der Waals surface area contributed by atoms with Crippen molar-refractivity contribution < 1.29 is 9.90 Å². The number of benzene rings is 1. The van der Waals surface area contributed by atoms with E-state index in [9.17, 15) is 4.79 Å². The SMILES string of the molecule is CC1CCCC(NCc2ccc(C(=O)O)cc2Br)CC1. The summed E-state index contributed by atoms with van der Waals surface area (Å²) in [7, 11) is 0. The summed E-state index contributed by atoms with van der Waals surface area (Å²) in [5.41, 5.74) is 1.44. The third-order valence-corrected chi connectivity index (χ3v) is 4.88. The Balaban J connectivity index is 1.92. The smallest absolute Gasteiger partial charge is 0.335 e. The van der Waals surface area contributed by atoms with Crippen molar-refractivity contribution in [3.05, 3.63) is 33.8 Å². The number of hydrogen-bond acceptors (Lipinski definition) is 2. The lowest BCUT2D eigenvalue weighted by Gasteiger charge is -2.17. The first kappa shape index (κ1) is 15.5. The van der Waals surface area contributed by atoms with Crippen LogP contribution in [-0.2, 0) is 6.54 Å². The Kier molecular flexibility index (Phi) is 5.61. The van der Waals surface area contributed by atoms with Gasteiger partial charge in [0.15, 0.2) is 0 Å². The quantitative estimate of drug-likeness (QED) is 0.808. The topological polar surface area (TPSA) is 49.3 Å². The Morgan fingerprint density at radius 1 is 1.35 bits per heavy atom. The first-order valence-electron chi connectivity index (χ1n) is 7.31. The zero-order valence-corrected chi connectivity index (χ0v) is 13.4. The number of carboxylic acid groups (broad SMARTS) is 1. The second kappa shape index (κ2) is 7.23. The molecule has 0 saturated heterocycles. The monoisotopic (exact) mass is 339 g/mol. The fourth-order valence-corrected chi connectivity index (χ4v) is 3.29. The molecule has 2 unspecified atom stereocenters. The van der Waals surface area contributed by atoms with Gasteiger partial charge < -0.3 is 10.4 Å². The van der Waals surface area contributed by atoms with Crippen LogP contribution < -0.4 is 5.32 Å². The zero-order valence-electron chi connectivity index (χ0n) is 11.9. The number of hydrogen-bond donors (Lipinski definition) is 2. The minimum atomic E-state index is -0.886. The first-order chi connectivity index (χ1) is 9.56. The summed E-state index contributed by atoms with van der Waals surface area (Å²) in [4.78, 5) is 10.9. The van der Waals surface area contributed by atoms with Gasteiger partial charge in [0.05, 0.1) is 5.56 Å². The summed E-state index contributed by atoms with van der Waals surface area (Å²) in [6, 6.07) is 5.82. The van der Waals surface area contributed by atoms with Gasteiger partial charge in [-0.15, -0.1) is 0 Å². The molecule has 2 rings (SSSR count). The van der Waals surface area contributed by atoms with Gasteiger partial charge in [-0.3, -0.25) is 0 Å². The minimum absolute atomic E-state index is 0.323. The van der Waals surface area contributed by atoms with Gasteiger partial charge in [-0.05, 0) is 42.9 Å². The van der Waals surface area contributed by atoms with Gasteiger partial charge in [0, 0.05) is 17.1 Å². The van der Waals surface area contributed by atoms with E-state index in [0.717, 1.165) is 22.5 Å². The number of rotatable bonds is 4. The van der Waals surface area contributed by atoms with Crippen LogP contribution in [0.4, 0.5) is 0 Å².